The van der Waals surface area contributed by atoms with E-state index in [-0.39, 0.29) is 5.91 Å². The molecule has 0 saturated carbocycles. The average Bonchev–Trinajstić information content (AvgIpc) is 2.93. The van der Waals surface area contributed by atoms with E-state index in [1.807, 2.05) is 54.6 Å². The molecule has 0 aliphatic rings. The molecule has 0 radical (unpaired) electrons. The maximum absolute atomic E-state index is 12.1. The molecule has 0 aliphatic carbocycles. The van der Waals surface area contributed by atoms with Gasteiger partial charge in [-0.1, -0.05) is 48.0 Å². The van der Waals surface area contributed by atoms with Crippen LogP contribution in [0.15, 0.2) is 54.6 Å². The molecule has 2 aromatic carbocycles. The van der Waals surface area contributed by atoms with E-state index in [1.54, 1.807) is 0 Å². The van der Waals surface area contributed by atoms with E-state index in [0.717, 1.165) is 16.5 Å². The van der Waals surface area contributed by atoms with Crippen molar-refractivity contribution >= 4 is 28.4 Å². The van der Waals surface area contributed by atoms with Crippen molar-refractivity contribution in [1.82, 2.24) is 15.8 Å². The number of hydrogen-bond acceptors (Lipinski definition) is 2. The topological polar surface area (TPSA) is 56.9 Å². The highest BCUT2D eigenvalue weighted by Crippen LogP contribution is 2.15. The van der Waals surface area contributed by atoms with Crippen molar-refractivity contribution in [2.24, 2.45) is 0 Å². The number of carbonyl (C=O) groups is 1. The first-order chi connectivity index (χ1) is 10.2. The molecule has 3 aromatic rings. The lowest BCUT2D eigenvalue weighted by molar-refractivity contribution is 0.0928. The van der Waals surface area contributed by atoms with Gasteiger partial charge in [0.15, 0.2) is 0 Å². The Labute approximate surface area is 127 Å². The van der Waals surface area contributed by atoms with Gasteiger partial charge in [0.1, 0.15) is 5.69 Å². The number of benzene rings is 2. The second-order valence-electron chi connectivity index (χ2n) is 4.67. The molecule has 3 rings (SSSR count). The first kappa shape index (κ1) is 13.7. The van der Waals surface area contributed by atoms with E-state index in [4.69, 9.17) is 11.6 Å². The molecule has 1 aromatic heterocycles. The van der Waals surface area contributed by atoms with Crippen LogP contribution in [0.2, 0.25) is 5.02 Å². The van der Waals surface area contributed by atoms with Crippen LogP contribution < -0.4 is 10.9 Å². The Morgan fingerprint density at radius 1 is 1.10 bits per heavy atom. The van der Waals surface area contributed by atoms with Gasteiger partial charge in [0.05, 0.1) is 0 Å². The largest absolute Gasteiger partial charge is 0.350 e. The van der Waals surface area contributed by atoms with Gasteiger partial charge in [0.25, 0.3) is 5.91 Å². The third-order valence-corrected chi connectivity index (χ3v) is 3.58. The van der Waals surface area contributed by atoms with Crippen LogP contribution in [0.3, 0.4) is 0 Å². The van der Waals surface area contributed by atoms with Crippen molar-refractivity contribution in [3.63, 3.8) is 0 Å². The Hall–Kier alpha value is -2.30. The number of hydrazine groups is 1. The molecule has 0 atom stereocenters. The Balaban J connectivity index is 1.63. The maximum Gasteiger partial charge on any atom is 0.281 e. The molecule has 0 bridgehead atoms. The van der Waals surface area contributed by atoms with Gasteiger partial charge in [-0.15, -0.1) is 0 Å². The SMILES string of the molecule is O=C(NNCc1ccccc1Cl)c1cc2ccccc2[nH]1. The number of para-hydroxylation sites is 1. The number of hydrogen-bond donors (Lipinski definition) is 3. The third kappa shape index (κ3) is 3.07. The summed E-state index contributed by atoms with van der Waals surface area (Å²) in [4.78, 5) is 15.1. The van der Waals surface area contributed by atoms with E-state index in [2.05, 4.69) is 15.8 Å². The molecule has 0 unspecified atom stereocenters. The van der Waals surface area contributed by atoms with Crippen molar-refractivity contribution in [3.05, 3.63) is 70.9 Å². The van der Waals surface area contributed by atoms with Crippen molar-refractivity contribution < 1.29 is 4.79 Å². The zero-order valence-corrected chi connectivity index (χ0v) is 11.9. The summed E-state index contributed by atoms with van der Waals surface area (Å²) in [5, 5.41) is 1.68. The summed E-state index contributed by atoms with van der Waals surface area (Å²) in [5.41, 5.74) is 7.92. The molecule has 0 fully saturated rings. The predicted molar refractivity (Wildman–Crippen MR) is 84.1 cm³/mol. The second kappa shape index (κ2) is 5.99. The summed E-state index contributed by atoms with van der Waals surface area (Å²) in [5.74, 6) is -0.210. The molecule has 3 N–H and O–H groups in total. The fourth-order valence-corrected chi connectivity index (χ4v) is 2.33. The lowest BCUT2D eigenvalue weighted by atomic mass is 10.2. The van der Waals surface area contributed by atoms with Crippen LogP contribution in [0.4, 0.5) is 0 Å². The Kier molecular flexibility index (Phi) is 3.90. The number of H-pyrrole nitrogens is 1. The van der Waals surface area contributed by atoms with Gasteiger partial charge < -0.3 is 4.98 Å². The van der Waals surface area contributed by atoms with Crippen LogP contribution in [0.1, 0.15) is 16.1 Å². The van der Waals surface area contributed by atoms with Gasteiger partial charge in [-0.3, -0.25) is 10.2 Å². The van der Waals surface area contributed by atoms with Crippen LogP contribution in [0.5, 0.6) is 0 Å². The highest BCUT2D eigenvalue weighted by atomic mass is 35.5. The molecule has 1 amide bonds. The van der Waals surface area contributed by atoms with Crippen LogP contribution in [0, 0.1) is 0 Å². The summed E-state index contributed by atoms with van der Waals surface area (Å²) >= 11 is 6.05. The number of amides is 1. The van der Waals surface area contributed by atoms with E-state index >= 15 is 0 Å². The number of fused-ring (bicyclic) bond motifs is 1. The smallest absolute Gasteiger partial charge is 0.281 e. The first-order valence-electron chi connectivity index (χ1n) is 6.58. The molecule has 4 nitrogen and oxygen atoms in total. The van der Waals surface area contributed by atoms with Gasteiger partial charge in [-0.25, -0.2) is 5.43 Å². The standard InChI is InChI=1S/C16H14ClN3O/c17-13-7-3-1-6-12(13)10-18-20-16(21)15-9-11-5-2-4-8-14(11)19-15/h1-9,18-19H,10H2,(H,20,21). The van der Waals surface area contributed by atoms with Gasteiger partial charge in [0, 0.05) is 22.5 Å². The van der Waals surface area contributed by atoms with Gasteiger partial charge in [-0.2, -0.15) is 0 Å². The van der Waals surface area contributed by atoms with Crippen LogP contribution in [-0.4, -0.2) is 10.9 Å². The lowest BCUT2D eigenvalue weighted by Gasteiger charge is -2.07. The lowest BCUT2D eigenvalue weighted by Crippen LogP contribution is -2.37. The molecular formula is C16H14ClN3O. The molecule has 106 valence electrons. The fraction of sp³-hybridized carbons (Fsp3) is 0.0625. The minimum atomic E-state index is -0.210. The van der Waals surface area contributed by atoms with Gasteiger partial charge >= 0.3 is 0 Å². The quantitative estimate of drug-likeness (QED) is 0.648. The summed E-state index contributed by atoms with van der Waals surface area (Å²) < 4.78 is 0. The highest BCUT2D eigenvalue weighted by Gasteiger charge is 2.08. The van der Waals surface area contributed by atoms with Gasteiger partial charge in [-0.05, 0) is 23.8 Å². The number of carbonyl (C=O) groups excluding carboxylic acids is 1. The van der Waals surface area contributed by atoms with E-state index < -0.39 is 0 Å². The van der Waals surface area contributed by atoms with Crippen LogP contribution in [-0.2, 0) is 6.54 Å². The zero-order chi connectivity index (χ0) is 14.7. The molecule has 5 heteroatoms. The number of nitrogens with one attached hydrogen (secondary N) is 3. The van der Waals surface area contributed by atoms with Crippen molar-refractivity contribution in [3.8, 4) is 0 Å². The Morgan fingerprint density at radius 2 is 1.86 bits per heavy atom. The zero-order valence-electron chi connectivity index (χ0n) is 11.2. The summed E-state index contributed by atoms with van der Waals surface area (Å²) in [6.07, 6.45) is 0. The summed E-state index contributed by atoms with van der Waals surface area (Å²) in [6.45, 7) is 0.464. The minimum absolute atomic E-state index is 0.210. The molecule has 0 aliphatic heterocycles. The fourth-order valence-electron chi connectivity index (χ4n) is 2.12. The highest BCUT2D eigenvalue weighted by molar-refractivity contribution is 6.31. The molecule has 1 heterocycles. The van der Waals surface area contributed by atoms with Crippen molar-refractivity contribution in [2.45, 2.75) is 6.54 Å². The maximum atomic E-state index is 12.1. The number of rotatable bonds is 4. The second-order valence-corrected chi connectivity index (χ2v) is 5.08. The van der Waals surface area contributed by atoms with Crippen molar-refractivity contribution in [2.75, 3.05) is 0 Å². The molecular weight excluding hydrogens is 286 g/mol. The van der Waals surface area contributed by atoms with Crippen LogP contribution >= 0.6 is 11.6 Å². The summed E-state index contributed by atoms with van der Waals surface area (Å²) in [6, 6.07) is 17.1. The average molecular weight is 300 g/mol. The Bertz CT molecular complexity index is 749. The number of aromatic amines is 1. The van der Waals surface area contributed by atoms with E-state index in [1.165, 1.54) is 0 Å². The molecule has 0 spiro atoms. The molecule has 0 saturated heterocycles. The monoisotopic (exact) mass is 299 g/mol. The summed E-state index contributed by atoms with van der Waals surface area (Å²) in [7, 11) is 0. The molecule has 21 heavy (non-hydrogen) atoms. The third-order valence-electron chi connectivity index (χ3n) is 3.21. The van der Waals surface area contributed by atoms with E-state index in [9.17, 15) is 4.79 Å². The number of aromatic nitrogens is 1. The first-order valence-corrected chi connectivity index (χ1v) is 6.96. The van der Waals surface area contributed by atoms with Crippen molar-refractivity contribution in [1.29, 1.82) is 0 Å². The van der Waals surface area contributed by atoms with E-state index in [0.29, 0.717) is 17.3 Å². The normalized spacial score (nSPS) is 10.7. The van der Waals surface area contributed by atoms with Crippen LogP contribution in [0.25, 0.3) is 10.9 Å². The minimum Gasteiger partial charge on any atom is -0.350 e. The predicted octanol–water partition coefficient (Wildman–Crippen LogP) is 3.26. The Morgan fingerprint density at radius 3 is 2.67 bits per heavy atom. The van der Waals surface area contributed by atoms with Gasteiger partial charge in [0.2, 0.25) is 0 Å². The number of halogens is 1.